The Hall–Kier alpha value is -1.38. The number of nitrogens with zero attached hydrogens (tertiary/aromatic N) is 1. The first-order valence-electron chi connectivity index (χ1n) is 6.89. The number of hydrogen-bond donors (Lipinski definition) is 0. The van der Waals surface area contributed by atoms with Gasteiger partial charge in [0.1, 0.15) is 5.82 Å². The van der Waals surface area contributed by atoms with Gasteiger partial charge in [-0.05, 0) is 36.0 Å². The number of carbonyl (C=O) groups excluding carboxylic acids is 1. The maximum absolute atomic E-state index is 12.9. The molecular formula is C16H22FNO. The molecule has 0 atom stereocenters. The van der Waals surface area contributed by atoms with Crippen LogP contribution in [0.15, 0.2) is 24.3 Å². The van der Waals surface area contributed by atoms with E-state index in [2.05, 4.69) is 20.8 Å². The summed E-state index contributed by atoms with van der Waals surface area (Å²) in [6, 6.07) is 6.81. The van der Waals surface area contributed by atoms with E-state index in [0.717, 1.165) is 18.4 Å². The highest BCUT2D eigenvalue weighted by Crippen LogP contribution is 2.31. The van der Waals surface area contributed by atoms with E-state index in [4.69, 9.17) is 0 Å². The normalized spacial score (nSPS) is 15.4. The van der Waals surface area contributed by atoms with E-state index < -0.39 is 0 Å². The van der Waals surface area contributed by atoms with E-state index in [-0.39, 0.29) is 17.1 Å². The Kier molecular flexibility index (Phi) is 3.93. The molecule has 0 unspecified atom stereocenters. The quantitative estimate of drug-likeness (QED) is 0.810. The lowest BCUT2D eigenvalue weighted by molar-refractivity contribution is -0.134. The second kappa shape index (κ2) is 5.32. The van der Waals surface area contributed by atoms with E-state index in [1.54, 1.807) is 12.1 Å². The topological polar surface area (TPSA) is 20.3 Å². The highest BCUT2D eigenvalue weighted by Gasteiger charge is 2.33. The smallest absolute Gasteiger partial charge is 0.223 e. The third kappa shape index (κ3) is 4.34. The molecule has 0 bridgehead atoms. The highest BCUT2D eigenvalue weighted by molar-refractivity contribution is 5.77. The van der Waals surface area contributed by atoms with Crippen molar-refractivity contribution in [1.29, 1.82) is 0 Å². The number of benzene rings is 1. The van der Waals surface area contributed by atoms with Gasteiger partial charge in [-0.2, -0.15) is 0 Å². The van der Waals surface area contributed by atoms with Crippen molar-refractivity contribution in [3.05, 3.63) is 35.6 Å². The number of halogens is 1. The lowest BCUT2D eigenvalue weighted by atomic mass is 9.91. The number of rotatable bonds is 4. The summed E-state index contributed by atoms with van der Waals surface area (Å²) in [4.78, 5) is 14.3. The first-order chi connectivity index (χ1) is 8.85. The molecule has 0 aliphatic heterocycles. The van der Waals surface area contributed by atoms with Crippen LogP contribution in [0.2, 0.25) is 0 Å². The van der Waals surface area contributed by atoms with Crippen molar-refractivity contribution in [1.82, 2.24) is 4.90 Å². The molecule has 0 saturated heterocycles. The molecule has 1 fully saturated rings. The number of hydrogen-bond acceptors (Lipinski definition) is 1. The summed E-state index contributed by atoms with van der Waals surface area (Å²) in [6.45, 7) is 6.83. The molecule has 19 heavy (non-hydrogen) atoms. The van der Waals surface area contributed by atoms with Crippen molar-refractivity contribution in [3.63, 3.8) is 0 Å². The molecule has 0 spiro atoms. The fraction of sp³-hybridized carbons (Fsp3) is 0.562. The summed E-state index contributed by atoms with van der Waals surface area (Å²) in [5.41, 5.74) is 1.00. The summed E-state index contributed by atoms with van der Waals surface area (Å²) in [5.74, 6) is -0.0259. The third-order valence-corrected chi connectivity index (χ3v) is 3.26. The molecule has 1 aliphatic carbocycles. The van der Waals surface area contributed by atoms with E-state index >= 15 is 0 Å². The molecule has 0 aromatic heterocycles. The molecule has 2 nitrogen and oxygen atoms in total. The van der Waals surface area contributed by atoms with Crippen molar-refractivity contribution in [3.8, 4) is 0 Å². The molecule has 3 heteroatoms. The molecular weight excluding hydrogens is 241 g/mol. The molecule has 104 valence electrons. The van der Waals surface area contributed by atoms with Gasteiger partial charge in [0, 0.05) is 19.0 Å². The molecule has 0 radical (unpaired) electrons. The minimum absolute atomic E-state index is 0.00696. The Labute approximate surface area is 114 Å². The summed E-state index contributed by atoms with van der Waals surface area (Å²) in [5, 5.41) is 0. The molecule has 1 aromatic carbocycles. The predicted octanol–water partition coefficient (Wildman–Crippen LogP) is 3.75. The standard InChI is InChI=1S/C16H22FNO/c1-16(2,3)10-15(19)18(14-8-9-14)11-12-4-6-13(17)7-5-12/h4-7,14H,8-11H2,1-3H3. The Morgan fingerprint density at radius 2 is 1.84 bits per heavy atom. The van der Waals surface area contributed by atoms with Crippen LogP contribution in [0.25, 0.3) is 0 Å². The molecule has 2 rings (SSSR count). The van der Waals surface area contributed by atoms with Gasteiger partial charge in [0.2, 0.25) is 5.91 Å². The van der Waals surface area contributed by atoms with E-state index in [1.165, 1.54) is 12.1 Å². The number of carbonyl (C=O) groups is 1. The molecule has 1 aromatic rings. The first-order valence-corrected chi connectivity index (χ1v) is 6.89. The van der Waals surface area contributed by atoms with E-state index in [0.29, 0.717) is 19.0 Å². The monoisotopic (exact) mass is 263 g/mol. The van der Waals surface area contributed by atoms with E-state index in [1.807, 2.05) is 4.90 Å². The second-order valence-electron chi connectivity index (χ2n) is 6.62. The average Bonchev–Trinajstić information content (AvgIpc) is 3.09. The molecule has 1 aliphatic rings. The summed E-state index contributed by atoms with van der Waals surface area (Å²) in [7, 11) is 0. The number of amides is 1. The summed E-state index contributed by atoms with van der Waals surface area (Å²) < 4.78 is 12.9. The van der Waals surface area contributed by atoms with Crippen LogP contribution in [0.1, 0.15) is 45.6 Å². The zero-order chi connectivity index (χ0) is 14.0. The van der Waals surface area contributed by atoms with Crippen LogP contribution in [0.5, 0.6) is 0 Å². The second-order valence-corrected chi connectivity index (χ2v) is 6.62. The van der Waals surface area contributed by atoms with Crippen LogP contribution < -0.4 is 0 Å². The van der Waals surface area contributed by atoms with Gasteiger partial charge in [-0.25, -0.2) is 4.39 Å². The molecule has 0 heterocycles. The van der Waals surface area contributed by atoms with Crippen LogP contribution in [-0.4, -0.2) is 16.8 Å². The van der Waals surface area contributed by atoms with Crippen molar-refractivity contribution < 1.29 is 9.18 Å². The molecule has 0 N–H and O–H groups in total. The van der Waals surface area contributed by atoms with Gasteiger partial charge >= 0.3 is 0 Å². The fourth-order valence-corrected chi connectivity index (χ4v) is 2.15. The van der Waals surface area contributed by atoms with Crippen molar-refractivity contribution >= 4 is 5.91 Å². The minimum atomic E-state index is -0.234. The zero-order valence-electron chi connectivity index (χ0n) is 11.9. The largest absolute Gasteiger partial charge is 0.335 e. The minimum Gasteiger partial charge on any atom is -0.335 e. The van der Waals surface area contributed by atoms with Gasteiger partial charge in [0.15, 0.2) is 0 Å². The summed E-state index contributed by atoms with van der Waals surface area (Å²) in [6.07, 6.45) is 2.75. The Morgan fingerprint density at radius 1 is 1.26 bits per heavy atom. The van der Waals surface area contributed by atoms with Gasteiger partial charge in [0.25, 0.3) is 0 Å². The highest BCUT2D eigenvalue weighted by atomic mass is 19.1. The maximum Gasteiger partial charge on any atom is 0.223 e. The van der Waals surface area contributed by atoms with Crippen molar-refractivity contribution in [2.45, 2.75) is 52.6 Å². The summed E-state index contributed by atoms with van der Waals surface area (Å²) >= 11 is 0. The zero-order valence-corrected chi connectivity index (χ0v) is 11.9. The van der Waals surface area contributed by atoms with Gasteiger partial charge in [-0.1, -0.05) is 32.9 Å². The molecule has 1 amide bonds. The molecule has 1 saturated carbocycles. The Balaban J connectivity index is 2.04. The first kappa shape index (κ1) is 14.0. The van der Waals surface area contributed by atoms with Crippen LogP contribution in [0.4, 0.5) is 4.39 Å². The van der Waals surface area contributed by atoms with Crippen LogP contribution in [-0.2, 0) is 11.3 Å². The Morgan fingerprint density at radius 3 is 2.32 bits per heavy atom. The van der Waals surface area contributed by atoms with Crippen LogP contribution in [0.3, 0.4) is 0 Å². The third-order valence-electron chi connectivity index (χ3n) is 3.26. The fourth-order valence-electron chi connectivity index (χ4n) is 2.15. The van der Waals surface area contributed by atoms with Gasteiger partial charge < -0.3 is 4.90 Å². The maximum atomic E-state index is 12.9. The van der Waals surface area contributed by atoms with Crippen LogP contribution in [0, 0.1) is 11.2 Å². The lowest BCUT2D eigenvalue weighted by Gasteiger charge is -2.27. The average molecular weight is 263 g/mol. The van der Waals surface area contributed by atoms with Crippen molar-refractivity contribution in [2.24, 2.45) is 5.41 Å². The van der Waals surface area contributed by atoms with Gasteiger partial charge in [-0.3, -0.25) is 4.79 Å². The lowest BCUT2D eigenvalue weighted by Crippen LogP contribution is -2.34. The Bertz CT molecular complexity index is 443. The van der Waals surface area contributed by atoms with Gasteiger partial charge in [-0.15, -0.1) is 0 Å². The predicted molar refractivity (Wildman–Crippen MR) is 74.0 cm³/mol. The van der Waals surface area contributed by atoms with E-state index in [9.17, 15) is 9.18 Å². The van der Waals surface area contributed by atoms with Crippen LogP contribution >= 0.6 is 0 Å². The SMILES string of the molecule is CC(C)(C)CC(=O)N(Cc1ccc(F)cc1)C1CC1. The van der Waals surface area contributed by atoms with Gasteiger partial charge in [0.05, 0.1) is 0 Å². The van der Waals surface area contributed by atoms with Crippen molar-refractivity contribution in [2.75, 3.05) is 0 Å².